The lowest BCUT2D eigenvalue weighted by Gasteiger charge is -2.43. The average molecular weight is 471 g/mol. The van der Waals surface area contributed by atoms with Gasteiger partial charge in [-0.25, -0.2) is 4.39 Å². The molecule has 2 aromatic carbocycles. The molecule has 0 amide bonds. The molecule has 0 bridgehead atoms. The molecule has 3 nitrogen and oxygen atoms in total. The van der Waals surface area contributed by atoms with Gasteiger partial charge in [0.15, 0.2) is 0 Å². The molecule has 1 N–H and O–H groups in total. The van der Waals surface area contributed by atoms with Crippen LogP contribution in [-0.4, -0.2) is 49.5 Å². The summed E-state index contributed by atoms with van der Waals surface area (Å²) in [6, 6.07) is 16.3. The third kappa shape index (κ3) is 4.82. The van der Waals surface area contributed by atoms with Crippen molar-refractivity contribution in [2.75, 3.05) is 39.9 Å². The molecule has 1 saturated heterocycles. The van der Waals surface area contributed by atoms with Crippen LogP contribution < -0.4 is 24.0 Å². The Morgan fingerprint density at radius 3 is 2.23 bits per heavy atom. The van der Waals surface area contributed by atoms with Gasteiger partial charge in [-0.3, -0.25) is 0 Å². The van der Waals surface area contributed by atoms with Crippen LogP contribution in [-0.2, 0) is 10.3 Å². The molecule has 0 spiro atoms. The Hall–Kier alpha value is -1.02. The quantitative estimate of drug-likeness (QED) is 0.503. The lowest BCUT2D eigenvalue weighted by atomic mass is 9.78. The summed E-state index contributed by atoms with van der Waals surface area (Å²) in [5, 5.41) is 11.5. The minimum atomic E-state index is -1.09. The van der Waals surface area contributed by atoms with E-state index in [0.717, 1.165) is 48.5 Å². The Morgan fingerprint density at radius 1 is 1.08 bits per heavy atom. The van der Waals surface area contributed by atoms with E-state index in [2.05, 4.69) is 19.2 Å². The van der Waals surface area contributed by atoms with Crippen molar-refractivity contribution in [3.63, 3.8) is 0 Å². The van der Waals surface area contributed by atoms with Crippen molar-refractivity contribution >= 4 is 0 Å². The Labute approximate surface area is 172 Å². The highest BCUT2D eigenvalue weighted by Crippen LogP contribution is 2.38. The van der Waals surface area contributed by atoms with Crippen molar-refractivity contribution in [3.05, 3.63) is 71.5 Å². The summed E-state index contributed by atoms with van der Waals surface area (Å²) in [7, 11) is 2.22. The zero-order chi connectivity index (χ0) is 17.9. The number of hydrogen-bond donors (Lipinski definition) is 1. The second-order valence-electron chi connectivity index (χ2n) is 7.48. The van der Waals surface area contributed by atoms with E-state index in [1.165, 1.54) is 12.1 Å². The monoisotopic (exact) mass is 471 g/mol. The molecule has 142 valence electrons. The third-order valence-corrected chi connectivity index (χ3v) is 5.48. The molecule has 26 heavy (non-hydrogen) atoms. The van der Waals surface area contributed by atoms with E-state index in [-0.39, 0.29) is 35.7 Å². The molecule has 5 heteroatoms. The molecular formula is C21H27FINO2. The van der Waals surface area contributed by atoms with Gasteiger partial charge in [0, 0.05) is 0 Å². The number of hydrogen-bond acceptors (Lipinski definition) is 2. The minimum absolute atomic E-state index is 0. The van der Waals surface area contributed by atoms with Gasteiger partial charge in [0.1, 0.15) is 18.9 Å². The van der Waals surface area contributed by atoms with Crippen molar-refractivity contribution < 1.29 is 42.7 Å². The predicted molar refractivity (Wildman–Crippen MR) is 96.8 cm³/mol. The van der Waals surface area contributed by atoms with Crippen LogP contribution in [0, 0.1) is 5.82 Å². The molecule has 2 unspecified atom stereocenters. The van der Waals surface area contributed by atoms with Crippen molar-refractivity contribution in [3.8, 4) is 0 Å². The molecule has 3 rings (SSSR count). The van der Waals surface area contributed by atoms with E-state index in [4.69, 9.17) is 4.74 Å². The van der Waals surface area contributed by atoms with E-state index >= 15 is 0 Å². The van der Waals surface area contributed by atoms with Crippen LogP contribution in [0.1, 0.15) is 24.0 Å². The zero-order valence-corrected chi connectivity index (χ0v) is 17.5. The number of benzene rings is 2. The fourth-order valence-electron chi connectivity index (χ4n) is 3.69. The van der Waals surface area contributed by atoms with Gasteiger partial charge in [-0.05, 0) is 30.2 Å². The second-order valence-corrected chi connectivity index (χ2v) is 7.48. The smallest absolute Gasteiger partial charge is 0.123 e. The number of ether oxygens (including phenoxy) is 1. The summed E-state index contributed by atoms with van der Waals surface area (Å²) < 4.78 is 19.7. The maximum absolute atomic E-state index is 13.3. The highest BCUT2D eigenvalue weighted by molar-refractivity contribution is 5.31. The third-order valence-electron chi connectivity index (χ3n) is 5.48. The molecule has 0 saturated carbocycles. The van der Waals surface area contributed by atoms with Gasteiger partial charge in [-0.15, -0.1) is 0 Å². The molecular weight excluding hydrogens is 444 g/mol. The standard InChI is InChI=1S/C21H27FNO2.HI/c1-21(24,18-8-10-19(22)11-9-18)20(17-6-4-3-5-7-17)16-23(2)12-14-25-15-13-23;/h3-11,20,24H,12-16H2,1-2H3;1H/q+1;/p-1. The van der Waals surface area contributed by atoms with Crippen LogP contribution in [0.15, 0.2) is 54.6 Å². The Kier molecular flexibility index (Phi) is 7.19. The highest BCUT2D eigenvalue weighted by Gasteiger charge is 2.41. The SMILES string of the molecule is CC(O)(c1ccc(F)cc1)C(C[N+]1(C)CCOCC1)c1ccccc1.[I-]. The number of morpholine rings is 1. The topological polar surface area (TPSA) is 29.5 Å². The van der Waals surface area contributed by atoms with E-state index in [1.54, 1.807) is 12.1 Å². The van der Waals surface area contributed by atoms with E-state index in [1.807, 2.05) is 25.1 Å². The van der Waals surface area contributed by atoms with Crippen LogP contribution >= 0.6 is 0 Å². The van der Waals surface area contributed by atoms with Crippen molar-refractivity contribution in [2.45, 2.75) is 18.4 Å². The first kappa shape index (κ1) is 21.3. The summed E-state index contributed by atoms with van der Waals surface area (Å²) >= 11 is 0. The Bertz CT molecular complexity index is 685. The average Bonchev–Trinajstić information content (AvgIpc) is 2.61. The Balaban J connectivity index is 0.00000243. The molecule has 1 aliphatic heterocycles. The van der Waals surface area contributed by atoms with Crippen molar-refractivity contribution in [1.29, 1.82) is 0 Å². The molecule has 0 aliphatic carbocycles. The maximum Gasteiger partial charge on any atom is 0.123 e. The van der Waals surface area contributed by atoms with Gasteiger partial charge < -0.3 is 38.3 Å². The van der Waals surface area contributed by atoms with Crippen LogP contribution in [0.2, 0.25) is 0 Å². The highest BCUT2D eigenvalue weighted by atomic mass is 127. The van der Waals surface area contributed by atoms with Crippen molar-refractivity contribution in [2.24, 2.45) is 0 Å². The lowest BCUT2D eigenvalue weighted by Crippen LogP contribution is -3.00. The minimum Gasteiger partial charge on any atom is -1.00 e. The number of likely N-dealkylation sites (N-methyl/N-ethyl adjacent to an activating group) is 1. The number of rotatable bonds is 5. The van der Waals surface area contributed by atoms with E-state index < -0.39 is 5.60 Å². The largest absolute Gasteiger partial charge is 1.00 e. The van der Waals surface area contributed by atoms with Gasteiger partial charge >= 0.3 is 0 Å². The first-order chi connectivity index (χ1) is 11.9. The first-order valence-electron chi connectivity index (χ1n) is 8.85. The Morgan fingerprint density at radius 2 is 1.65 bits per heavy atom. The normalized spacial score (nSPS) is 19.8. The molecule has 2 atom stereocenters. The molecule has 2 aromatic rings. The van der Waals surface area contributed by atoms with Gasteiger partial charge in [0.2, 0.25) is 0 Å². The van der Waals surface area contributed by atoms with Crippen molar-refractivity contribution in [1.82, 2.24) is 0 Å². The van der Waals surface area contributed by atoms with Gasteiger partial charge in [0.25, 0.3) is 0 Å². The van der Waals surface area contributed by atoms with Gasteiger partial charge in [-0.1, -0.05) is 42.5 Å². The van der Waals surface area contributed by atoms with Crippen LogP contribution in [0.5, 0.6) is 0 Å². The zero-order valence-electron chi connectivity index (χ0n) is 15.4. The first-order valence-corrected chi connectivity index (χ1v) is 8.85. The maximum atomic E-state index is 13.3. The predicted octanol–water partition coefficient (Wildman–Crippen LogP) is 0.298. The molecule has 1 fully saturated rings. The van der Waals surface area contributed by atoms with Crippen LogP contribution in [0.4, 0.5) is 4.39 Å². The second kappa shape index (κ2) is 8.78. The fourth-order valence-corrected chi connectivity index (χ4v) is 3.69. The number of quaternary nitrogens is 1. The summed E-state index contributed by atoms with van der Waals surface area (Å²) in [4.78, 5) is 0. The number of aliphatic hydroxyl groups is 1. The van der Waals surface area contributed by atoms with E-state index in [0.29, 0.717) is 0 Å². The lowest BCUT2D eigenvalue weighted by molar-refractivity contribution is -0.919. The molecule has 0 aromatic heterocycles. The summed E-state index contributed by atoms with van der Waals surface area (Å²) in [6.07, 6.45) is 0. The molecule has 1 heterocycles. The van der Waals surface area contributed by atoms with Gasteiger partial charge in [-0.2, -0.15) is 0 Å². The fraction of sp³-hybridized carbons (Fsp3) is 0.429. The van der Waals surface area contributed by atoms with Gasteiger partial charge in [0.05, 0.1) is 38.3 Å². The summed E-state index contributed by atoms with van der Waals surface area (Å²) in [6.45, 7) is 6.00. The molecule has 0 radical (unpaired) electrons. The molecule has 1 aliphatic rings. The van der Waals surface area contributed by atoms with E-state index in [9.17, 15) is 9.50 Å². The van der Waals surface area contributed by atoms with Crippen LogP contribution in [0.3, 0.4) is 0 Å². The number of nitrogens with zero attached hydrogens (tertiary/aromatic N) is 1. The summed E-state index contributed by atoms with van der Waals surface area (Å²) in [5.41, 5.74) is 0.750. The summed E-state index contributed by atoms with van der Waals surface area (Å²) in [5.74, 6) is -0.384. The number of halogens is 2. The van der Waals surface area contributed by atoms with Crippen LogP contribution in [0.25, 0.3) is 0 Å².